The molecule has 42 heavy (non-hydrogen) atoms. The first-order chi connectivity index (χ1) is 20.1. The number of aromatic hydroxyl groups is 1. The topological polar surface area (TPSA) is 121 Å². The summed E-state index contributed by atoms with van der Waals surface area (Å²) in [5.41, 5.74) is 1.63. The molecule has 7 nitrogen and oxygen atoms in total. The van der Waals surface area contributed by atoms with Gasteiger partial charge in [-0.2, -0.15) is 0 Å². The average molecular weight is 571 g/mol. The minimum absolute atomic E-state index is 0.0532. The van der Waals surface area contributed by atoms with E-state index in [0.717, 1.165) is 17.5 Å². The van der Waals surface area contributed by atoms with Gasteiger partial charge in [0.1, 0.15) is 17.3 Å². The fraction of sp³-hybridized carbons (Fsp3) is 0.457. The number of carbonyl (C=O) groups is 3. The number of hydrogen-bond acceptors (Lipinski definition) is 7. The van der Waals surface area contributed by atoms with Crippen molar-refractivity contribution in [1.82, 2.24) is 0 Å². The Hall–Kier alpha value is -3.71. The molecule has 0 bridgehead atoms. The van der Waals surface area contributed by atoms with E-state index in [9.17, 15) is 29.7 Å². The van der Waals surface area contributed by atoms with E-state index in [1.165, 1.54) is 50.7 Å². The number of Topliss-reactive ketones (excluding diaryl/α,β-unsaturated/α-hetero) is 3. The zero-order valence-corrected chi connectivity index (χ0v) is 24.5. The second-order valence-corrected chi connectivity index (χ2v) is 12.7. The summed E-state index contributed by atoms with van der Waals surface area (Å²) in [6.07, 6.45) is 8.13. The van der Waals surface area contributed by atoms with Crippen molar-refractivity contribution in [3.8, 4) is 22.6 Å². The highest BCUT2D eigenvalue weighted by atomic mass is 16.5. The molecule has 0 aromatic heterocycles. The normalized spacial score (nSPS) is 26.1. The van der Waals surface area contributed by atoms with Gasteiger partial charge in [0.15, 0.2) is 17.2 Å². The van der Waals surface area contributed by atoms with Crippen LogP contribution in [0.25, 0.3) is 11.1 Å². The third kappa shape index (κ3) is 4.32. The molecule has 1 fully saturated rings. The van der Waals surface area contributed by atoms with Gasteiger partial charge in [0, 0.05) is 17.1 Å². The Morgan fingerprint density at radius 3 is 2.45 bits per heavy atom. The Balaban J connectivity index is 1.45. The van der Waals surface area contributed by atoms with Crippen LogP contribution in [0.1, 0.15) is 80.3 Å². The van der Waals surface area contributed by atoms with Gasteiger partial charge >= 0.3 is 0 Å². The van der Waals surface area contributed by atoms with E-state index >= 15 is 0 Å². The van der Waals surface area contributed by atoms with E-state index in [2.05, 4.69) is 12.1 Å². The Bertz CT molecular complexity index is 1570. The molecule has 4 aliphatic carbocycles. The Morgan fingerprint density at radius 2 is 1.76 bits per heavy atom. The molecule has 1 saturated carbocycles. The maximum Gasteiger partial charge on any atom is 0.205 e. The van der Waals surface area contributed by atoms with Crippen LogP contribution in [0.3, 0.4) is 0 Å². The maximum absolute atomic E-state index is 14.0. The predicted octanol–water partition coefficient (Wildman–Crippen LogP) is 5.99. The third-order valence-electron chi connectivity index (χ3n) is 10.1. The van der Waals surface area contributed by atoms with Crippen molar-refractivity contribution in [3.63, 3.8) is 0 Å². The quantitative estimate of drug-likeness (QED) is 0.378. The molecular weight excluding hydrogens is 532 g/mol. The molecule has 3 atom stereocenters. The number of ketones is 3. The average Bonchev–Trinajstić information content (AvgIpc) is 2.95. The molecule has 0 saturated heterocycles. The van der Waals surface area contributed by atoms with E-state index in [4.69, 9.17) is 4.74 Å². The van der Waals surface area contributed by atoms with Gasteiger partial charge in [0.2, 0.25) is 5.78 Å². The molecular formula is C35H38O7. The molecule has 3 N–H and O–H groups in total. The smallest absolute Gasteiger partial charge is 0.205 e. The standard InChI is InChI=1S/C35H38O7/c1-18-13-23-16-22-17-26-24(25-15-21(9-12-28(25)42-3)14-20-7-5-4-6-8-20)10-11-27(37)31(26)32(38)30(22)34(40)35(23,41)33(39)29(18)19(2)36/h9-12,15,20,22-23,37,40-41H,4-8,13-14,16-17H2,1-3H3/t22-,23-,35-/m0/s1. The molecule has 0 aliphatic heterocycles. The maximum atomic E-state index is 14.0. The van der Waals surface area contributed by atoms with Crippen LogP contribution >= 0.6 is 0 Å². The van der Waals surface area contributed by atoms with Crippen molar-refractivity contribution < 1.29 is 34.4 Å². The number of phenols is 1. The van der Waals surface area contributed by atoms with E-state index in [-0.39, 0.29) is 35.3 Å². The number of fused-ring (bicyclic) bond motifs is 3. The summed E-state index contributed by atoms with van der Waals surface area (Å²) >= 11 is 0. The molecule has 220 valence electrons. The van der Waals surface area contributed by atoms with Crippen molar-refractivity contribution in [2.45, 2.75) is 77.2 Å². The summed E-state index contributed by atoms with van der Waals surface area (Å²) < 4.78 is 5.75. The number of carbonyl (C=O) groups excluding carboxylic acids is 3. The zero-order valence-electron chi connectivity index (χ0n) is 24.5. The lowest BCUT2D eigenvalue weighted by molar-refractivity contribution is -0.143. The summed E-state index contributed by atoms with van der Waals surface area (Å²) in [6.45, 7) is 2.96. The van der Waals surface area contributed by atoms with Crippen molar-refractivity contribution in [2.24, 2.45) is 17.8 Å². The van der Waals surface area contributed by atoms with E-state index in [1.807, 2.05) is 12.1 Å². The van der Waals surface area contributed by atoms with Crippen LogP contribution in [0.5, 0.6) is 11.5 Å². The molecule has 2 aromatic rings. The largest absolute Gasteiger partial charge is 0.508 e. The summed E-state index contributed by atoms with van der Waals surface area (Å²) in [7, 11) is 1.61. The number of benzene rings is 2. The van der Waals surface area contributed by atoms with Crippen LogP contribution < -0.4 is 4.74 Å². The Morgan fingerprint density at radius 1 is 1.02 bits per heavy atom. The first-order valence-corrected chi connectivity index (χ1v) is 15.0. The second kappa shape index (κ2) is 10.5. The SMILES string of the molecule is COc1ccc(CC2CCCCC2)cc1-c1ccc(O)c2c1C[C@@H]1C[C@@H]3CC(C)=C(C(C)=O)C(=O)[C@]3(O)C(O)=C1C2=O. The highest BCUT2D eigenvalue weighted by Gasteiger charge is 2.58. The van der Waals surface area contributed by atoms with Gasteiger partial charge in [-0.1, -0.05) is 49.8 Å². The Kier molecular flexibility index (Phi) is 7.12. The number of methoxy groups -OCH3 is 1. The van der Waals surface area contributed by atoms with Gasteiger partial charge in [0.05, 0.1) is 18.2 Å². The molecule has 0 radical (unpaired) electrons. The van der Waals surface area contributed by atoms with Crippen LogP contribution in [-0.4, -0.2) is 45.4 Å². The molecule has 0 amide bonds. The van der Waals surface area contributed by atoms with Gasteiger partial charge < -0.3 is 20.1 Å². The van der Waals surface area contributed by atoms with Crippen LogP contribution in [0.4, 0.5) is 0 Å². The number of ether oxygens (including phenoxy) is 1. The number of rotatable bonds is 5. The molecule has 7 heteroatoms. The minimum atomic E-state index is -2.34. The summed E-state index contributed by atoms with van der Waals surface area (Å²) in [6, 6.07) is 9.48. The first kappa shape index (κ1) is 28.4. The number of phenolic OH excluding ortho intramolecular Hbond substituents is 1. The van der Waals surface area contributed by atoms with E-state index in [0.29, 0.717) is 29.2 Å². The van der Waals surface area contributed by atoms with Gasteiger partial charge in [-0.25, -0.2) is 0 Å². The van der Waals surface area contributed by atoms with Crippen LogP contribution in [0.15, 0.2) is 52.8 Å². The van der Waals surface area contributed by atoms with Crippen molar-refractivity contribution >= 4 is 17.3 Å². The molecule has 0 spiro atoms. The predicted molar refractivity (Wildman–Crippen MR) is 158 cm³/mol. The van der Waals surface area contributed by atoms with Gasteiger partial charge in [0.25, 0.3) is 0 Å². The lowest BCUT2D eigenvalue weighted by Gasteiger charge is -2.46. The molecule has 0 heterocycles. The zero-order chi connectivity index (χ0) is 29.9. The van der Waals surface area contributed by atoms with Crippen LogP contribution in [0.2, 0.25) is 0 Å². The number of allylic oxidation sites excluding steroid dienone is 2. The van der Waals surface area contributed by atoms with Crippen molar-refractivity contribution in [3.05, 3.63) is 69.5 Å². The highest BCUT2D eigenvalue weighted by Crippen LogP contribution is 2.53. The first-order valence-electron chi connectivity index (χ1n) is 15.0. The van der Waals surface area contributed by atoms with Crippen LogP contribution in [0, 0.1) is 17.8 Å². The summed E-state index contributed by atoms with van der Waals surface area (Å²) in [5.74, 6) is -2.68. The van der Waals surface area contributed by atoms with Crippen molar-refractivity contribution in [2.75, 3.05) is 7.11 Å². The van der Waals surface area contributed by atoms with Gasteiger partial charge in [-0.15, -0.1) is 0 Å². The van der Waals surface area contributed by atoms with Crippen molar-refractivity contribution in [1.29, 1.82) is 0 Å². The Labute approximate surface area is 245 Å². The number of aliphatic hydroxyl groups is 2. The minimum Gasteiger partial charge on any atom is -0.508 e. The van der Waals surface area contributed by atoms with Gasteiger partial charge in [-0.05, 0) is 86.3 Å². The molecule has 0 unspecified atom stereocenters. The fourth-order valence-corrected chi connectivity index (χ4v) is 8.09. The lowest BCUT2D eigenvalue weighted by atomic mass is 9.59. The molecule has 2 aromatic carbocycles. The van der Waals surface area contributed by atoms with Crippen LogP contribution in [-0.2, 0) is 22.4 Å². The third-order valence-corrected chi connectivity index (χ3v) is 10.1. The number of aliphatic hydroxyl groups excluding tert-OH is 1. The summed E-state index contributed by atoms with van der Waals surface area (Å²) in [5, 5.41) is 34.0. The highest BCUT2D eigenvalue weighted by molar-refractivity contribution is 6.25. The lowest BCUT2D eigenvalue weighted by Crippen LogP contribution is -2.56. The fourth-order valence-electron chi connectivity index (χ4n) is 8.09. The monoisotopic (exact) mass is 570 g/mol. The van der Waals surface area contributed by atoms with E-state index in [1.54, 1.807) is 14.0 Å². The molecule has 4 aliphatic rings. The molecule has 6 rings (SSSR count). The van der Waals surface area contributed by atoms with E-state index < -0.39 is 40.5 Å². The summed E-state index contributed by atoms with van der Waals surface area (Å²) in [4.78, 5) is 39.7. The number of hydrogen-bond donors (Lipinski definition) is 3. The van der Waals surface area contributed by atoms with Gasteiger partial charge in [-0.3, -0.25) is 14.4 Å². The second-order valence-electron chi connectivity index (χ2n) is 12.7.